The highest BCUT2D eigenvalue weighted by atomic mass is 19.1. The number of ether oxygens (including phenoxy) is 3. The summed E-state index contributed by atoms with van der Waals surface area (Å²) in [6.45, 7) is 1.40. The topological polar surface area (TPSA) is 133 Å². The van der Waals surface area contributed by atoms with Gasteiger partial charge in [0.2, 0.25) is 0 Å². The van der Waals surface area contributed by atoms with Crippen molar-refractivity contribution in [2.75, 3.05) is 27.4 Å². The van der Waals surface area contributed by atoms with Crippen LogP contribution in [0.15, 0.2) is 48.5 Å². The van der Waals surface area contributed by atoms with Gasteiger partial charge in [0, 0.05) is 17.7 Å². The highest BCUT2D eigenvalue weighted by Gasteiger charge is 2.18. The molecule has 0 aliphatic heterocycles. The molecule has 0 radical (unpaired) electrons. The number of primary amides is 1. The number of pyridine rings is 1. The molecule has 0 saturated carbocycles. The van der Waals surface area contributed by atoms with Crippen LogP contribution in [0.25, 0.3) is 11.3 Å². The summed E-state index contributed by atoms with van der Waals surface area (Å²) in [6, 6.07) is 12.3. The van der Waals surface area contributed by atoms with Crippen LogP contribution < -0.4 is 25.3 Å². The van der Waals surface area contributed by atoms with Crippen LogP contribution in [0.1, 0.15) is 34.6 Å². The lowest BCUT2D eigenvalue weighted by Gasteiger charge is -2.16. The number of hydrogen-bond acceptors (Lipinski definition) is 7. The largest absolute Gasteiger partial charge is 0.494 e. The molecular weight excluding hydrogens is 469 g/mol. The van der Waals surface area contributed by atoms with E-state index in [1.807, 2.05) is 6.92 Å². The number of carbonyl (C=O) groups is 2. The number of methoxy groups -OCH3 is 2. The van der Waals surface area contributed by atoms with Crippen molar-refractivity contribution in [3.63, 3.8) is 0 Å². The fourth-order valence-corrected chi connectivity index (χ4v) is 3.48. The van der Waals surface area contributed by atoms with E-state index in [0.29, 0.717) is 34.7 Å². The molecule has 190 valence electrons. The van der Waals surface area contributed by atoms with Crippen molar-refractivity contribution < 1.29 is 33.3 Å². The predicted octanol–water partition coefficient (Wildman–Crippen LogP) is 2.79. The van der Waals surface area contributed by atoms with Crippen molar-refractivity contribution in [2.24, 2.45) is 5.73 Å². The van der Waals surface area contributed by atoms with Crippen molar-refractivity contribution >= 4 is 11.8 Å². The molecule has 0 aliphatic carbocycles. The summed E-state index contributed by atoms with van der Waals surface area (Å²) in [7, 11) is 2.90. The Bertz CT molecular complexity index is 1250. The predicted molar refractivity (Wildman–Crippen MR) is 131 cm³/mol. The van der Waals surface area contributed by atoms with Gasteiger partial charge in [-0.05, 0) is 60.5 Å². The summed E-state index contributed by atoms with van der Waals surface area (Å²) in [5, 5.41) is 13.3. The highest BCUT2D eigenvalue weighted by molar-refractivity contribution is 5.95. The number of aliphatic hydroxyl groups is 1. The number of carbonyl (C=O) groups excluding carboxylic acids is 2. The molecule has 1 unspecified atom stereocenters. The maximum atomic E-state index is 14.0. The number of aromatic nitrogens is 1. The molecular formula is C26H28FN3O6. The Labute approximate surface area is 208 Å². The Balaban J connectivity index is 1.74. The first-order chi connectivity index (χ1) is 17.3. The number of nitrogens with one attached hydrogen (secondary N) is 1. The minimum atomic E-state index is -1.12. The van der Waals surface area contributed by atoms with Crippen LogP contribution in [0, 0.1) is 5.82 Å². The number of hydrogen-bond donors (Lipinski definition) is 3. The average Bonchev–Trinajstić information content (AvgIpc) is 2.90. The first kappa shape index (κ1) is 26.4. The van der Waals surface area contributed by atoms with Gasteiger partial charge in [-0.1, -0.05) is 6.92 Å². The number of benzene rings is 2. The van der Waals surface area contributed by atoms with E-state index in [9.17, 15) is 19.1 Å². The standard InChI is InChI=1S/C26H28FN3O6/c1-4-15-11-16(5-7-18(15)27)25-22(34-2)10-8-19(30-25)20(31)13-29-26(33)17-6-9-21(23(12-17)35-3)36-14-24(28)32/h5-12,20,31H,4,13-14H2,1-3H3,(H2,28,32)(H,29,33). The van der Waals surface area contributed by atoms with Gasteiger partial charge in [0.1, 0.15) is 23.4 Å². The van der Waals surface area contributed by atoms with Gasteiger partial charge in [0.15, 0.2) is 18.1 Å². The van der Waals surface area contributed by atoms with E-state index >= 15 is 0 Å². The number of amides is 2. The van der Waals surface area contributed by atoms with Crippen LogP contribution in [0.4, 0.5) is 4.39 Å². The summed E-state index contributed by atoms with van der Waals surface area (Å²) in [5.74, 6) is -0.439. The van der Waals surface area contributed by atoms with Gasteiger partial charge in [0.05, 0.1) is 19.9 Å². The molecule has 1 heterocycles. The number of aryl methyl sites for hydroxylation is 1. The molecule has 0 saturated heterocycles. The molecule has 1 atom stereocenters. The summed E-state index contributed by atoms with van der Waals surface area (Å²) < 4.78 is 29.8. The van der Waals surface area contributed by atoms with Crippen molar-refractivity contribution in [3.05, 3.63) is 71.2 Å². The Morgan fingerprint density at radius 3 is 2.44 bits per heavy atom. The minimum Gasteiger partial charge on any atom is -0.494 e. The summed E-state index contributed by atoms with van der Waals surface area (Å²) in [5.41, 5.74) is 7.28. The van der Waals surface area contributed by atoms with E-state index in [2.05, 4.69) is 10.3 Å². The molecule has 0 fully saturated rings. The van der Waals surface area contributed by atoms with Crippen molar-refractivity contribution in [3.8, 4) is 28.5 Å². The van der Waals surface area contributed by atoms with Crippen LogP contribution in [0.5, 0.6) is 17.2 Å². The Kier molecular flexibility index (Phi) is 8.80. The molecule has 1 aromatic heterocycles. The van der Waals surface area contributed by atoms with Crippen molar-refractivity contribution in [1.29, 1.82) is 0 Å². The van der Waals surface area contributed by atoms with Crippen LogP contribution in [-0.4, -0.2) is 49.3 Å². The van der Waals surface area contributed by atoms with Gasteiger partial charge < -0.3 is 30.4 Å². The monoisotopic (exact) mass is 497 g/mol. The van der Waals surface area contributed by atoms with Crippen LogP contribution in [0.2, 0.25) is 0 Å². The lowest BCUT2D eigenvalue weighted by atomic mass is 10.0. The first-order valence-electron chi connectivity index (χ1n) is 11.2. The second-order valence-corrected chi connectivity index (χ2v) is 7.79. The third-order valence-electron chi connectivity index (χ3n) is 5.39. The molecule has 0 spiro atoms. The molecule has 2 amide bonds. The number of nitrogens with zero attached hydrogens (tertiary/aromatic N) is 1. The second kappa shape index (κ2) is 12.0. The third-order valence-corrected chi connectivity index (χ3v) is 5.39. The van der Waals surface area contributed by atoms with Gasteiger partial charge in [-0.2, -0.15) is 0 Å². The number of rotatable bonds is 11. The highest BCUT2D eigenvalue weighted by Crippen LogP contribution is 2.31. The Morgan fingerprint density at radius 2 is 1.78 bits per heavy atom. The summed E-state index contributed by atoms with van der Waals surface area (Å²) in [6.07, 6.45) is -0.607. The Hall–Kier alpha value is -4.18. The van der Waals surface area contributed by atoms with E-state index in [1.165, 1.54) is 38.5 Å². The summed E-state index contributed by atoms with van der Waals surface area (Å²) >= 11 is 0. The van der Waals surface area contributed by atoms with Gasteiger partial charge >= 0.3 is 0 Å². The quantitative estimate of drug-likeness (QED) is 0.371. The van der Waals surface area contributed by atoms with Gasteiger partial charge in [0.25, 0.3) is 11.8 Å². The zero-order valence-corrected chi connectivity index (χ0v) is 20.2. The van der Waals surface area contributed by atoms with Crippen LogP contribution >= 0.6 is 0 Å². The fraction of sp³-hybridized carbons (Fsp3) is 0.269. The van der Waals surface area contributed by atoms with Gasteiger partial charge in [-0.15, -0.1) is 0 Å². The Morgan fingerprint density at radius 1 is 1.06 bits per heavy atom. The van der Waals surface area contributed by atoms with Crippen molar-refractivity contribution in [1.82, 2.24) is 10.3 Å². The molecule has 0 aliphatic rings. The number of aliphatic hydroxyl groups excluding tert-OH is 1. The van der Waals surface area contributed by atoms with E-state index in [1.54, 1.807) is 24.3 Å². The average molecular weight is 498 g/mol. The van der Waals surface area contributed by atoms with E-state index in [-0.39, 0.29) is 36.0 Å². The maximum absolute atomic E-state index is 14.0. The zero-order valence-electron chi connectivity index (χ0n) is 20.2. The van der Waals surface area contributed by atoms with Crippen molar-refractivity contribution in [2.45, 2.75) is 19.4 Å². The smallest absolute Gasteiger partial charge is 0.255 e. The lowest BCUT2D eigenvalue weighted by molar-refractivity contribution is -0.119. The number of halogens is 1. The molecule has 36 heavy (non-hydrogen) atoms. The number of nitrogens with two attached hydrogens (primary N) is 1. The zero-order chi connectivity index (χ0) is 26.2. The van der Waals surface area contributed by atoms with Crippen LogP contribution in [-0.2, 0) is 11.2 Å². The van der Waals surface area contributed by atoms with E-state index < -0.39 is 17.9 Å². The van der Waals surface area contributed by atoms with Crippen LogP contribution in [0.3, 0.4) is 0 Å². The van der Waals surface area contributed by atoms with E-state index in [0.717, 1.165) is 0 Å². The third kappa shape index (κ3) is 6.28. The molecule has 2 aromatic carbocycles. The normalized spacial score (nSPS) is 11.5. The molecule has 3 aromatic rings. The summed E-state index contributed by atoms with van der Waals surface area (Å²) in [4.78, 5) is 28.1. The molecule has 0 bridgehead atoms. The van der Waals surface area contributed by atoms with Gasteiger partial charge in [-0.3, -0.25) is 9.59 Å². The lowest BCUT2D eigenvalue weighted by Crippen LogP contribution is -2.28. The van der Waals surface area contributed by atoms with Gasteiger partial charge in [-0.25, -0.2) is 9.37 Å². The fourth-order valence-electron chi connectivity index (χ4n) is 3.48. The maximum Gasteiger partial charge on any atom is 0.255 e. The minimum absolute atomic E-state index is 0.122. The molecule has 10 heteroatoms. The first-order valence-corrected chi connectivity index (χ1v) is 11.2. The van der Waals surface area contributed by atoms with E-state index in [4.69, 9.17) is 19.9 Å². The molecule has 4 N–H and O–H groups in total. The second-order valence-electron chi connectivity index (χ2n) is 7.79. The SMILES string of the molecule is CCc1cc(-c2nc(C(O)CNC(=O)c3ccc(OCC(N)=O)c(OC)c3)ccc2OC)ccc1F. The molecule has 3 rings (SSSR count). The molecule has 9 nitrogen and oxygen atoms in total.